The molecule has 0 bridgehead atoms. The number of oxime groups is 1. The van der Waals surface area contributed by atoms with Crippen molar-refractivity contribution >= 4 is 69.2 Å². The van der Waals surface area contributed by atoms with Crippen LogP contribution in [0.2, 0.25) is 0 Å². The van der Waals surface area contributed by atoms with Crippen LogP contribution in [0.4, 0.5) is 5.13 Å². The number of carbonyl (C=O) groups is 4. The molecule has 0 aromatic carbocycles. The first-order valence-corrected chi connectivity index (χ1v) is 16.4. The summed E-state index contributed by atoms with van der Waals surface area (Å²) < 4.78 is 5.96. The Morgan fingerprint density at radius 3 is 2.61 bits per heavy atom. The van der Waals surface area contributed by atoms with Crippen LogP contribution in [0.1, 0.15) is 36.1 Å². The van der Waals surface area contributed by atoms with E-state index >= 15 is 0 Å². The number of amides is 2. The van der Waals surface area contributed by atoms with Crippen molar-refractivity contribution in [3.8, 4) is 11.3 Å². The normalized spacial score (nSPS) is 17.3. The number of nitrogen functional groups attached to an aromatic ring is 1. The number of thioether (sulfide) groups is 1. The second-order valence-corrected chi connectivity index (χ2v) is 11.8. The van der Waals surface area contributed by atoms with Crippen molar-refractivity contribution in [2.45, 2.75) is 38.7 Å². The van der Waals surface area contributed by atoms with Crippen LogP contribution in [0, 0.1) is 0 Å². The van der Waals surface area contributed by atoms with Crippen LogP contribution < -0.4 is 50.3 Å². The smallest absolute Gasteiger partial charge is 0.544 e. The zero-order chi connectivity index (χ0) is 32.7. The Bertz CT molecular complexity index is 1690. The van der Waals surface area contributed by atoms with E-state index in [4.69, 9.17) is 10.6 Å². The van der Waals surface area contributed by atoms with Crippen molar-refractivity contribution in [2.75, 3.05) is 18.1 Å². The number of anilines is 1. The topological polar surface area (TPSA) is 204 Å². The third-order valence-electron chi connectivity index (χ3n) is 6.29. The fraction of sp³-hybridized carbons (Fsp3) is 0.286. The fourth-order valence-electron chi connectivity index (χ4n) is 4.28. The molecule has 0 spiro atoms. The zero-order valence-electron chi connectivity index (χ0n) is 25.3. The van der Waals surface area contributed by atoms with Gasteiger partial charge in [0.25, 0.3) is 11.8 Å². The van der Waals surface area contributed by atoms with Gasteiger partial charge in [-0.15, -0.1) is 23.1 Å². The van der Waals surface area contributed by atoms with Crippen molar-refractivity contribution < 1.29 is 68.4 Å². The molecule has 0 saturated carbocycles. The van der Waals surface area contributed by atoms with Gasteiger partial charge in [0.05, 0.1) is 16.5 Å². The van der Waals surface area contributed by atoms with Gasteiger partial charge in [0, 0.05) is 28.8 Å². The number of carbonyl (C=O) groups excluding carboxylic acids is 3. The largest absolute Gasteiger partial charge is 1.00 e. The van der Waals surface area contributed by atoms with Crippen molar-refractivity contribution in [3.63, 3.8) is 0 Å². The molecule has 0 aliphatic carbocycles. The molecule has 5 heterocycles. The van der Waals surface area contributed by atoms with E-state index < -0.39 is 35.2 Å². The summed E-state index contributed by atoms with van der Waals surface area (Å²) in [5.74, 6) is -3.48. The first-order valence-electron chi connectivity index (χ1n) is 13.6. The van der Waals surface area contributed by atoms with Gasteiger partial charge < -0.3 is 30.9 Å². The van der Waals surface area contributed by atoms with E-state index in [1.54, 1.807) is 49.0 Å². The molecule has 3 aromatic rings. The molecule has 2 aliphatic rings. The maximum absolute atomic E-state index is 13.1. The number of aromatic nitrogens is 3. The summed E-state index contributed by atoms with van der Waals surface area (Å²) >= 11 is 3.30. The Labute approximate surface area is 298 Å². The molecule has 14 nitrogen and oxygen atoms in total. The Kier molecular flexibility index (Phi) is 13.5. The molecule has 1 fully saturated rings. The number of nitrogens with two attached hydrogens (primary N) is 1. The van der Waals surface area contributed by atoms with Crippen LogP contribution in [0.5, 0.6) is 0 Å². The number of carboxylic acids is 2. The molecular formula is C28H29N7NaO7S3+. The SMILES string of the molecule is CC.CCO/N=C(\C(=O)NC1C(=O)N2C(C(=O)O)=C(/C=C/C[n+]3ccc(-c4cc(C(=O)[O-])sn4)cc3)CSC12)c1csc(N)n1.[Na+]. The van der Waals surface area contributed by atoms with Gasteiger partial charge in [-0.25, -0.2) is 14.3 Å². The van der Waals surface area contributed by atoms with E-state index in [0.717, 1.165) is 28.4 Å². The number of hydrogen-bond donors (Lipinski definition) is 3. The third kappa shape index (κ3) is 8.21. The standard InChI is InChI=1S/C26H23N7O7S3.C2H6.Na/c1-2-40-30-18(16-12-42-26(27)28-16)21(34)29-19-22(35)33-20(25(38)39)14(11-41-23(19)33)4-3-7-32-8-5-13(6-9-32)15-10-17(24(36)37)43-31-15;1-2;/h3-6,8-10,12,19,23H,2,7,11H2,1H3,(H4-,27,28,29,34,36,37,38,39);1-2H3;/q;;+1/b4-3+,30-18-;;. The first kappa shape index (κ1) is 36.9. The van der Waals surface area contributed by atoms with E-state index in [9.17, 15) is 29.4 Å². The van der Waals surface area contributed by atoms with E-state index in [0.29, 0.717) is 23.6 Å². The average Bonchev–Trinajstić information content (AvgIpc) is 3.71. The minimum atomic E-state index is -1.28. The summed E-state index contributed by atoms with van der Waals surface area (Å²) in [7, 11) is 0. The number of aromatic carboxylic acids is 1. The average molecular weight is 695 g/mol. The molecule has 2 amide bonds. The monoisotopic (exact) mass is 694 g/mol. The second kappa shape index (κ2) is 16.8. The zero-order valence-corrected chi connectivity index (χ0v) is 29.8. The van der Waals surface area contributed by atoms with Crippen LogP contribution >= 0.6 is 34.6 Å². The molecule has 236 valence electrons. The van der Waals surface area contributed by atoms with Crippen molar-refractivity contribution in [3.05, 3.63) is 70.0 Å². The van der Waals surface area contributed by atoms with Crippen molar-refractivity contribution in [1.82, 2.24) is 19.6 Å². The van der Waals surface area contributed by atoms with E-state index in [2.05, 4.69) is 19.8 Å². The first-order chi connectivity index (χ1) is 21.7. The van der Waals surface area contributed by atoms with Gasteiger partial charge in [-0.05, 0) is 36.2 Å². The molecule has 2 unspecified atom stereocenters. The van der Waals surface area contributed by atoms with Crippen LogP contribution in [-0.2, 0) is 25.8 Å². The quantitative estimate of drug-likeness (QED) is 0.0676. The summed E-state index contributed by atoms with van der Waals surface area (Å²) in [5.41, 5.74) is 7.32. The van der Waals surface area contributed by atoms with E-state index in [-0.39, 0.29) is 63.3 Å². The number of pyridine rings is 1. The minimum Gasteiger partial charge on any atom is -0.544 e. The van der Waals surface area contributed by atoms with E-state index in [1.165, 1.54) is 22.7 Å². The number of nitrogens with zero attached hydrogens (tertiary/aromatic N) is 5. The predicted octanol–water partition coefficient (Wildman–Crippen LogP) is -1.73. The Balaban J connectivity index is 0.00000188. The Morgan fingerprint density at radius 2 is 2.02 bits per heavy atom. The molecule has 46 heavy (non-hydrogen) atoms. The Morgan fingerprint density at radius 1 is 1.30 bits per heavy atom. The molecule has 18 heteroatoms. The maximum Gasteiger partial charge on any atom is 1.00 e. The molecule has 2 aliphatic heterocycles. The number of allylic oxidation sites excluding steroid dienone is 2. The van der Waals surface area contributed by atoms with Gasteiger partial charge in [0.1, 0.15) is 29.4 Å². The second-order valence-electron chi connectivity index (χ2n) is 9.02. The third-order valence-corrected chi connectivity index (χ3v) is 9.03. The number of fused-ring (bicyclic) bond motifs is 1. The molecule has 0 radical (unpaired) electrons. The van der Waals surface area contributed by atoms with Crippen LogP contribution in [0.15, 0.2) is 64.6 Å². The van der Waals surface area contributed by atoms with Crippen molar-refractivity contribution in [2.24, 2.45) is 5.16 Å². The fourth-order valence-corrected chi connectivity index (χ4v) is 6.74. The van der Waals surface area contributed by atoms with Gasteiger partial charge in [-0.2, -0.15) is 4.37 Å². The summed E-state index contributed by atoms with van der Waals surface area (Å²) in [5, 5.41) is 28.6. The molecule has 5 rings (SSSR count). The number of β-lactam (4-membered cyclic amide) rings is 1. The Hall–Kier alpha value is -3.61. The van der Waals surface area contributed by atoms with Gasteiger partial charge in [-0.1, -0.05) is 25.1 Å². The molecular weight excluding hydrogens is 666 g/mol. The number of aliphatic carboxylic acids is 1. The van der Waals surface area contributed by atoms with Gasteiger partial charge in [0.2, 0.25) is 0 Å². The van der Waals surface area contributed by atoms with Crippen LogP contribution in [0.25, 0.3) is 11.3 Å². The number of rotatable bonds is 11. The summed E-state index contributed by atoms with van der Waals surface area (Å²) in [4.78, 5) is 59.6. The molecule has 3 aromatic heterocycles. The number of carboxylic acid groups (broad SMARTS) is 2. The molecule has 1 saturated heterocycles. The number of nitrogens with one attached hydrogen (secondary N) is 1. The van der Waals surface area contributed by atoms with Gasteiger partial charge in [-0.3, -0.25) is 14.5 Å². The predicted molar refractivity (Wildman–Crippen MR) is 167 cm³/mol. The molecule has 2 atom stereocenters. The van der Waals surface area contributed by atoms with Gasteiger partial charge >= 0.3 is 35.5 Å². The van der Waals surface area contributed by atoms with Crippen LogP contribution in [0.3, 0.4) is 0 Å². The maximum atomic E-state index is 13.1. The summed E-state index contributed by atoms with van der Waals surface area (Å²) in [6, 6.07) is 4.05. The molecule has 4 N–H and O–H groups in total. The summed E-state index contributed by atoms with van der Waals surface area (Å²) in [6.45, 7) is 6.31. The summed E-state index contributed by atoms with van der Waals surface area (Å²) in [6.07, 6.45) is 7.00. The number of hydrogen-bond acceptors (Lipinski definition) is 13. The van der Waals surface area contributed by atoms with Crippen LogP contribution in [-0.4, -0.2) is 72.6 Å². The minimum absolute atomic E-state index is 0. The van der Waals surface area contributed by atoms with E-state index in [1.807, 2.05) is 18.4 Å². The van der Waals surface area contributed by atoms with Gasteiger partial charge in [0.15, 0.2) is 29.8 Å². The number of thiazole rings is 1. The van der Waals surface area contributed by atoms with Crippen molar-refractivity contribution in [1.29, 1.82) is 0 Å².